The second-order valence-corrected chi connectivity index (χ2v) is 7.46. The topological polar surface area (TPSA) is 95.1 Å². The number of nitrogens with one attached hydrogen (secondary N) is 1. The number of thioether (sulfide) groups is 1. The van der Waals surface area contributed by atoms with Gasteiger partial charge in [0.25, 0.3) is 0 Å². The van der Waals surface area contributed by atoms with E-state index in [0.717, 1.165) is 34.6 Å². The van der Waals surface area contributed by atoms with E-state index in [1.165, 1.54) is 24.3 Å². The van der Waals surface area contributed by atoms with Gasteiger partial charge in [0.2, 0.25) is 11.1 Å². The van der Waals surface area contributed by atoms with Gasteiger partial charge in [-0.2, -0.15) is 22.0 Å². The van der Waals surface area contributed by atoms with Crippen molar-refractivity contribution in [3.8, 4) is 17.1 Å². The monoisotopic (exact) mass is 493 g/mol. The molecule has 0 saturated heterocycles. The van der Waals surface area contributed by atoms with Crippen LogP contribution in [0.5, 0.6) is 5.75 Å². The molecule has 1 amide bonds. The molecule has 1 heterocycles. The van der Waals surface area contributed by atoms with Gasteiger partial charge in [0.15, 0.2) is 5.82 Å². The highest BCUT2D eigenvalue weighted by molar-refractivity contribution is 7.99. The van der Waals surface area contributed by atoms with Gasteiger partial charge in [-0.15, -0.1) is 10.2 Å². The minimum absolute atomic E-state index is 0.0497. The van der Waals surface area contributed by atoms with Crippen LogP contribution in [-0.4, -0.2) is 33.1 Å². The van der Waals surface area contributed by atoms with Crippen LogP contribution < -0.4 is 15.9 Å². The molecule has 170 valence electrons. The summed E-state index contributed by atoms with van der Waals surface area (Å²) in [4.78, 5) is 12.2. The maximum atomic E-state index is 12.8. The van der Waals surface area contributed by atoms with Gasteiger partial charge in [-0.25, -0.2) is 4.68 Å². The molecule has 1 aromatic heterocycles. The van der Waals surface area contributed by atoms with Crippen molar-refractivity contribution in [1.82, 2.24) is 14.9 Å². The van der Waals surface area contributed by atoms with Crippen molar-refractivity contribution < 1.29 is 31.5 Å². The van der Waals surface area contributed by atoms with Crippen LogP contribution in [0.1, 0.15) is 5.56 Å². The zero-order valence-electron chi connectivity index (χ0n) is 15.7. The van der Waals surface area contributed by atoms with E-state index in [9.17, 15) is 26.7 Å². The molecule has 0 atom stereocenters. The maximum Gasteiger partial charge on any atom is 0.416 e. The zero-order chi connectivity index (χ0) is 23.5. The quantitative estimate of drug-likeness (QED) is 0.282. The largest absolute Gasteiger partial charge is 0.435 e. The first-order valence-corrected chi connectivity index (χ1v) is 9.96. The van der Waals surface area contributed by atoms with E-state index in [-0.39, 0.29) is 33.2 Å². The summed E-state index contributed by atoms with van der Waals surface area (Å²) < 4.78 is 68.3. The number of hydrogen-bond acceptors (Lipinski definition) is 6. The minimum Gasteiger partial charge on any atom is -0.435 e. The number of rotatable bonds is 7. The van der Waals surface area contributed by atoms with E-state index in [0.29, 0.717) is 5.56 Å². The number of ether oxygens (including phenoxy) is 1. The van der Waals surface area contributed by atoms with Crippen molar-refractivity contribution in [3.05, 3.63) is 53.1 Å². The van der Waals surface area contributed by atoms with Gasteiger partial charge >= 0.3 is 12.8 Å². The van der Waals surface area contributed by atoms with Crippen molar-refractivity contribution >= 4 is 35.0 Å². The standard InChI is InChI=1S/C18H13ClF5N5O2S/c19-12-6-3-10(18(22,23)24)7-13(12)26-14(30)8-32-17-28-27-15(29(17)25)9-1-4-11(5-2-9)31-16(20)21/h1-7,16H,8,25H2,(H,26,30). The summed E-state index contributed by atoms with van der Waals surface area (Å²) in [7, 11) is 0. The number of nitrogens with zero attached hydrogens (tertiary/aromatic N) is 3. The lowest BCUT2D eigenvalue weighted by molar-refractivity contribution is -0.137. The van der Waals surface area contributed by atoms with Crippen molar-refractivity contribution in [2.45, 2.75) is 17.9 Å². The van der Waals surface area contributed by atoms with Crippen molar-refractivity contribution in [3.63, 3.8) is 0 Å². The molecule has 0 spiro atoms. The first-order valence-electron chi connectivity index (χ1n) is 8.59. The number of alkyl halides is 5. The van der Waals surface area contributed by atoms with Crippen LogP contribution in [0.3, 0.4) is 0 Å². The average Bonchev–Trinajstić information content (AvgIpc) is 3.08. The number of hydrogen-bond donors (Lipinski definition) is 2. The summed E-state index contributed by atoms with van der Waals surface area (Å²) in [5.41, 5.74) is -0.692. The van der Waals surface area contributed by atoms with E-state index >= 15 is 0 Å². The van der Waals surface area contributed by atoms with E-state index in [1.807, 2.05) is 0 Å². The smallest absolute Gasteiger partial charge is 0.416 e. The summed E-state index contributed by atoms with van der Waals surface area (Å²) in [5, 5.41) is 10.1. The fourth-order valence-electron chi connectivity index (χ4n) is 2.47. The minimum atomic E-state index is -4.59. The molecule has 0 aliphatic carbocycles. The van der Waals surface area contributed by atoms with Crippen molar-refractivity contribution in [1.29, 1.82) is 0 Å². The summed E-state index contributed by atoms with van der Waals surface area (Å²) in [6.45, 7) is -2.96. The number of benzene rings is 2. The Balaban J connectivity index is 1.65. The SMILES string of the molecule is Nn1c(SCC(=O)Nc2cc(C(F)(F)F)ccc2Cl)nnc1-c1ccc(OC(F)F)cc1. The van der Waals surface area contributed by atoms with Crippen LogP contribution in [0.15, 0.2) is 47.6 Å². The molecule has 3 aromatic rings. The Kier molecular flexibility index (Phi) is 7.09. The number of carbonyl (C=O) groups is 1. The number of nitrogens with two attached hydrogens (primary N) is 1. The lowest BCUT2D eigenvalue weighted by Crippen LogP contribution is -2.17. The first-order chi connectivity index (χ1) is 15.0. The molecule has 0 bridgehead atoms. The fourth-order valence-corrected chi connectivity index (χ4v) is 3.29. The van der Waals surface area contributed by atoms with Crippen LogP contribution in [0, 0.1) is 0 Å². The Morgan fingerprint density at radius 1 is 1.19 bits per heavy atom. The molecule has 7 nitrogen and oxygen atoms in total. The third-order valence-corrected chi connectivity index (χ3v) is 5.18. The van der Waals surface area contributed by atoms with Crippen LogP contribution >= 0.6 is 23.4 Å². The number of aromatic nitrogens is 3. The number of anilines is 1. The lowest BCUT2D eigenvalue weighted by atomic mass is 10.2. The highest BCUT2D eigenvalue weighted by Crippen LogP contribution is 2.34. The average molecular weight is 494 g/mol. The number of nitrogen functional groups attached to an aromatic ring is 1. The second-order valence-electron chi connectivity index (χ2n) is 6.11. The van der Waals surface area contributed by atoms with Crippen LogP contribution in [0.4, 0.5) is 27.6 Å². The Bertz CT molecular complexity index is 1110. The van der Waals surface area contributed by atoms with Gasteiger partial charge < -0.3 is 15.9 Å². The highest BCUT2D eigenvalue weighted by atomic mass is 35.5. The Labute approximate surface area is 186 Å². The molecule has 0 unspecified atom stereocenters. The van der Waals surface area contributed by atoms with Gasteiger partial charge in [-0.1, -0.05) is 23.4 Å². The number of halogens is 6. The molecule has 32 heavy (non-hydrogen) atoms. The predicted molar refractivity (Wildman–Crippen MR) is 108 cm³/mol. The molecule has 0 radical (unpaired) electrons. The number of amides is 1. The third-order valence-electron chi connectivity index (χ3n) is 3.90. The molecular formula is C18H13ClF5N5O2S. The molecule has 0 aliphatic rings. The molecule has 14 heteroatoms. The molecule has 0 saturated carbocycles. The Hall–Kier alpha value is -3.06. The second kappa shape index (κ2) is 9.61. The molecule has 0 aliphatic heterocycles. The summed E-state index contributed by atoms with van der Waals surface area (Å²) in [6, 6.07) is 8.06. The summed E-state index contributed by atoms with van der Waals surface area (Å²) in [6.07, 6.45) is -4.59. The highest BCUT2D eigenvalue weighted by Gasteiger charge is 2.31. The summed E-state index contributed by atoms with van der Waals surface area (Å²) >= 11 is 6.74. The number of carbonyl (C=O) groups excluding carboxylic acids is 1. The maximum absolute atomic E-state index is 12.8. The summed E-state index contributed by atoms with van der Waals surface area (Å²) in [5.74, 6) is 5.18. The van der Waals surface area contributed by atoms with E-state index in [2.05, 4.69) is 20.3 Å². The third kappa shape index (κ3) is 5.79. The van der Waals surface area contributed by atoms with Gasteiger partial charge in [-0.05, 0) is 42.5 Å². The first kappa shape index (κ1) is 23.6. The zero-order valence-corrected chi connectivity index (χ0v) is 17.3. The Morgan fingerprint density at radius 3 is 2.50 bits per heavy atom. The van der Waals surface area contributed by atoms with Crippen LogP contribution in [0.2, 0.25) is 5.02 Å². The normalized spacial score (nSPS) is 11.6. The van der Waals surface area contributed by atoms with E-state index in [4.69, 9.17) is 17.4 Å². The van der Waals surface area contributed by atoms with Crippen molar-refractivity contribution in [2.75, 3.05) is 16.9 Å². The molecule has 2 aromatic carbocycles. The van der Waals surface area contributed by atoms with Crippen LogP contribution in [-0.2, 0) is 11.0 Å². The van der Waals surface area contributed by atoms with Gasteiger partial charge in [0.1, 0.15) is 5.75 Å². The van der Waals surface area contributed by atoms with Gasteiger partial charge in [0, 0.05) is 5.56 Å². The van der Waals surface area contributed by atoms with Crippen LogP contribution in [0.25, 0.3) is 11.4 Å². The van der Waals surface area contributed by atoms with Gasteiger partial charge in [0.05, 0.1) is 22.0 Å². The predicted octanol–water partition coefficient (Wildman–Crippen LogP) is 4.66. The molecule has 3 rings (SSSR count). The van der Waals surface area contributed by atoms with Crippen molar-refractivity contribution in [2.24, 2.45) is 0 Å². The van der Waals surface area contributed by atoms with E-state index < -0.39 is 24.3 Å². The van der Waals surface area contributed by atoms with E-state index in [1.54, 1.807) is 0 Å². The molecule has 3 N–H and O–H groups in total. The lowest BCUT2D eigenvalue weighted by Gasteiger charge is -2.11. The van der Waals surface area contributed by atoms with Gasteiger partial charge in [-0.3, -0.25) is 4.79 Å². The Morgan fingerprint density at radius 2 is 1.88 bits per heavy atom. The fraction of sp³-hybridized carbons (Fsp3) is 0.167. The molecule has 0 fully saturated rings. The molecular weight excluding hydrogens is 481 g/mol.